The van der Waals surface area contributed by atoms with Crippen LogP contribution in [0, 0.1) is 5.92 Å². The van der Waals surface area contributed by atoms with Gasteiger partial charge in [-0.3, -0.25) is 4.79 Å². The first-order valence-electron chi connectivity index (χ1n) is 6.64. The Morgan fingerprint density at radius 3 is 2.56 bits per heavy atom. The maximum Gasteiger partial charge on any atom is 0.320 e. The first-order chi connectivity index (χ1) is 7.65. The summed E-state index contributed by atoms with van der Waals surface area (Å²) in [6, 6.07) is 0.0275. The summed E-state index contributed by atoms with van der Waals surface area (Å²) in [4.78, 5) is 11.0. The van der Waals surface area contributed by atoms with Crippen LogP contribution in [0.3, 0.4) is 0 Å². The van der Waals surface area contributed by atoms with Gasteiger partial charge in [0.2, 0.25) is 0 Å². The molecule has 94 valence electrons. The van der Waals surface area contributed by atoms with Gasteiger partial charge in [-0.15, -0.1) is 0 Å². The van der Waals surface area contributed by atoms with Crippen molar-refractivity contribution in [3.63, 3.8) is 0 Å². The predicted octanol–water partition coefficient (Wildman–Crippen LogP) is 2.80. The largest absolute Gasteiger partial charge is 0.480 e. The molecule has 0 amide bonds. The summed E-state index contributed by atoms with van der Waals surface area (Å²) in [6.45, 7) is 4.31. The van der Waals surface area contributed by atoms with E-state index in [4.69, 9.17) is 5.11 Å². The van der Waals surface area contributed by atoms with Crippen LogP contribution in [0.15, 0.2) is 0 Å². The lowest BCUT2D eigenvalue weighted by Crippen LogP contribution is -2.43. The summed E-state index contributed by atoms with van der Waals surface area (Å²) in [7, 11) is 0. The summed E-state index contributed by atoms with van der Waals surface area (Å²) in [5.74, 6) is -0.293. The lowest BCUT2D eigenvalue weighted by atomic mass is 10.1. The van der Waals surface area contributed by atoms with Gasteiger partial charge in [0.25, 0.3) is 0 Å². The fourth-order valence-electron chi connectivity index (χ4n) is 2.11. The third-order valence-electron chi connectivity index (χ3n) is 3.31. The van der Waals surface area contributed by atoms with Gasteiger partial charge in [-0.1, -0.05) is 32.6 Å². The summed E-state index contributed by atoms with van der Waals surface area (Å²) in [5, 5.41) is 12.3. The molecule has 0 aromatic rings. The molecule has 2 unspecified atom stereocenters. The fraction of sp³-hybridized carbons (Fsp3) is 0.923. The molecule has 1 fully saturated rings. The van der Waals surface area contributed by atoms with Crippen LogP contribution in [0.1, 0.15) is 58.8 Å². The predicted molar refractivity (Wildman–Crippen MR) is 65.5 cm³/mol. The van der Waals surface area contributed by atoms with E-state index in [0.29, 0.717) is 12.0 Å². The Labute approximate surface area is 98.6 Å². The smallest absolute Gasteiger partial charge is 0.320 e. The molecule has 1 aliphatic rings. The molecule has 0 spiro atoms. The molecule has 1 aliphatic carbocycles. The average Bonchev–Trinajstić information content (AvgIpc) is 3.04. The summed E-state index contributed by atoms with van der Waals surface area (Å²) >= 11 is 0. The van der Waals surface area contributed by atoms with Crippen molar-refractivity contribution < 1.29 is 9.90 Å². The van der Waals surface area contributed by atoms with E-state index < -0.39 is 5.97 Å². The molecule has 0 aliphatic heterocycles. The average molecular weight is 227 g/mol. The first kappa shape index (κ1) is 13.5. The number of hydrogen-bond acceptors (Lipinski definition) is 2. The van der Waals surface area contributed by atoms with Gasteiger partial charge in [-0.2, -0.15) is 0 Å². The van der Waals surface area contributed by atoms with E-state index in [2.05, 4.69) is 19.2 Å². The maximum atomic E-state index is 11.0. The first-order valence-corrected chi connectivity index (χ1v) is 6.64. The minimum absolute atomic E-state index is 0.304. The fourth-order valence-corrected chi connectivity index (χ4v) is 2.11. The second kappa shape index (κ2) is 6.89. The van der Waals surface area contributed by atoms with E-state index in [0.717, 1.165) is 19.3 Å². The molecule has 0 radical (unpaired) electrons. The van der Waals surface area contributed by atoms with Crippen LogP contribution < -0.4 is 5.32 Å². The zero-order valence-electron chi connectivity index (χ0n) is 10.5. The third-order valence-corrected chi connectivity index (χ3v) is 3.31. The highest BCUT2D eigenvalue weighted by atomic mass is 16.4. The number of carbonyl (C=O) groups is 1. The molecule has 0 bridgehead atoms. The Balaban J connectivity index is 2.15. The van der Waals surface area contributed by atoms with Crippen molar-refractivity contribution in [2.75, 3.05) is 0 Å². The van der Waals surface area contributed by atoms with E-state index in [1.165, 1.54) is 25.7 Å². The zero-order chi connectivity index (χ0) is 12.0. The Morgan fingerprint density at radius 2 is 2.06 bits per heavy atom. The number of carboxylic acid groups (broad SMARTS) is 1. The van der Waals surface area contributed by atoms with Gasteiger partial charge in [0.15, 0.2) is 0 Å². The lowest BCUT2D eigenvalue weighted by Gasteiger charge is -2.19. The van der Waals surface area contributed by atoms with Crippen molar-refractivity contribution in [2.45, 2.75) is 70.9 Å². The van der Waals surface area contributed by atoms with Gasteiger partial charge in [-0.05, 0) is 32.1 Å². The molecule has 0 heterocycles. The molecule has 0 aromatic carbocycles. The Morgan fingerprint density at radius 1 is 1.38 bits per heavy atom. The van der Waals surface area contributed by atoms with Gasteiger partial charge < -0.3 is 10.4 Å². The Hall–Kier alpha value is -0.570. The number of unbranched alkanes of at least 4 members (excludes halogenated alkanes) is 3. The van der Waals surface area contributed by atoms with E-state index in [1.54, 1.807) is 0 Å². The number of hydrogen-bond donors (Lipinski definition) is 2. The van der Waals surface area contributed by atoms with Crippen molar-refractivity contribution in [1.82, 2.24) is 5.32 Å². The van der Waals surface area contributed by atoms with Crippen LogP contribution in [0.4, 0.5) is 0 Å². The summed E-state index contributed by atoms with van der Waals surface area (Å²) in [5.41, 5.74) is 0. The molecule has 0 aromatic heterocycles. The van der Waals surface area contributed by atoms with E-state index >= 15 is 0 Å². The molecule has 2 N–H and O–H groups in total. The van der Waals surface area contributed by atoms with Crippen LogP contribution >= 0.6 is 0 Å². The topological polar surface area (TPSA) is 49.3 Å². The van der Waals surface area contributed by atoms with Gasteiger partial charge in [0.1, 0.15) is 6.04 Å². The molecular weight excluding hydrogens is 202 g/mol. The minimum Gasteiger partial charge on any atom is -0.480 e. The van der Waals surface area contributed by atoms with E-state index in [1.807, 2.05) is 0 Å². The van der Waals surface area contributed by atoms with E-state index in [9.17, 15) is 4.79 Å². The number of aliphatic carboxylic acids is 1. The maximum absolute atomic E-state index is 11.0. The van der Waals surface area contributed by atoms with Gasteiger partial charge in [-0.25, -0.2) is 0 Å². The van der Waals surface area contributed by atoms with Gasteiger partial charge in [0.05, 0.1) is 0 Å². The Bertz CT molecular complexity index is 214. The molecular formula is C13H25NO2. The van der Waals surface area contributed by atoms with Crippen LogP contribution in [0.2, 0.25) is 0 Å². The third kappa shape index (κ3) is 4.97. The number of nitrogens with one attached hydrogen (secondary N) is 1. The molecule has 3 nitrogen and oxygen atoms in total. The normalized spacial score (nSPS) is 19.4. The molecule has 2 atom stereocenters. The Kier molecular flexibility index (Phi) is 5.81. The number of rotatable bonds is 9. The lowest BCUT2D eigenvalue weighted by molar-refractivity contribution is -0.140. The van der Waals surface area contributed by atoms with E-state index in [-0.39, 0.29) is 6.04 Å². The number of carboxylic acids is 1. The zero-order valence-corrected chi connectivity index (χ0v) is 10.5. The van der Waals surface area contributed by atoms with Crippen molar-refractivity contribution in [2.24, 2.45) is 5.92 Å². The minimum atomic E-state index is -0.678. The van der Waals surface area contributed by atoms with Crippen molar-refractivity contribution >= 4 is 5.97 Å². The SMILES string of the molecule is CCCCCCC(C)NC(C(=O)O)C1CC1. The van der Waals surface area contributed by atoms with Crippen LogP contribution in [-0.4, -0.2) is 23.2 Å². The quantitative estimate of drug-likeness (QED) is 0.595. The highest BCUT2D eigenvalue weighted by molar-refractivity contribution is 5.74. The van der Waals surface area contributed by atoms with Crippen molar-refractivity contribution in [3.05, 3.63) is 0 Å². The molecule has 16 heavy (non-hydrogen) atoms. The molecule has 1 rings (SSSR count). The molecule has 3 heteroatoms. The van der Waals surface area contributed by atoms with Crippen LogP contribution in [0.5, 0.6) is 0 Å². The van der Waals surface area contributed by atoms with Crippen LogP contribution in [-0.2, 0) is 4.79 Å². The second-order valence-electron chi connectivity index (χ2n) is 5.07. The van der Waals surface area contributed by atoms with Crippen molar-refractivity contribution in [1.29, 1.82) is 0 Å². The summed E-state index contributed by atoms with van der Waals surface area (Å²) < 4.78 is 0. The monoisotopic (exact) mass is 227 g/mol. The van der Waals surface area contributed by atoms with Crippen LogP contribution in [0.25, 0.3) is 0 Å². The standard InChI is InChI=1S/C13H25NO2/c1-3-4-5-6-7-10(2)14-12(13(15)16)11-8-9-11/h10-12,14H,3-9H2,1-2H3,(H,15,16). The highest BCUT2D eigenvalue weighted by Crippen LogP contribution is 2.33. The van der Waals surface area contributed by atoms with Gasteiger partial charge in [0, 0.05) is 6.04 Å². The second-order valence-corrected chi connectivity index (χ2v) is 5.07. The van der Waals surface area contributed by atoms with Gasteiger partial charge >= 0.3 is 5.97 Å². The molecule has 0 saturated heterocycles. The van der Waals surface area contributed by atoms with Crippen molar-refractivity contribution in [3.8, 4) is 0 Å². The highest BCUT2D eigenvalue weighted by Gasteiger charge is 2.36. The summed E-state index contributed by atoms with van der Waals surface area (Å²) in [6.07, 6.45) is 8.26. The molecule has 1 saturated carbocycles.